The van der Waals surface area contributed by atoms with E-state index in [1.807, 2.05) is 13.8 Å². The lowest BCUT2D eigenvalue weighted by atomic mass is 10.4. The Kier molecular flexibility index (Phi) is 3.11. The monoisotopic (exact) mass is 198 g/mol. The van der Waals surface area contributed by atoms with Crippen LogP contribution in [-0.4, -0.2) is 27.0 Å². The van der Waals surface area contributed by atoms with Crippen LogP contribution >= 0.6 is 0 Å². The van der Waals surface area contributed by atoms with Crippen molar-refractivity contribution in [1.29, 1.82) is 0 Å². The molecule has 0 aromatic carbocycles. The topological polar surface area (TPSA) is 64.3 Å². The molecule has 0 amide bonds. The molecule has 14 heavy (non-hydrogen) atoms. The first-order chi connectivity index (χ1) is 6.50. The van der Waals surface area contributed by atoms with Crippen molar-refractivity contribution >= 4 is 5.97 Å². The second kappa shape index (κ2) is 4.13. The zero-order valence-electron chi connectivity index (χ0n) is 8.47. The van der Waals surface area contributed by atoms with Gasteiger partial charge in [0.1, 0.15) is 0 Å². The van der Waals surface area contributed by atoms with E-state index < -0.39 is 12.1 Å². The van der Waals surface area contributed by atoms with Gasteiger partial charge in [-0.25, -0.2) is 4.79 Å². The number of aromatic nitrogens is 2. The molecule has 5 heteroatoms. The standard InChI is InChI=1S/C9H14N2O3/c1-6(2)11-5-8(4-10-11)14-7(3)9(12)13/h4-7H,1-3H3,(H,12,13)/t7-/m1/s1. The quantitative estimate of drug-likeness (QED) is 0.792. The van der Waals surface area contributed by atoms with Crippen LogP contribution in [0, 0.1) is 0 Å². The van der Waals surface area contributed by atoms with Gasteiger partial charge in [0.05, 0.1) is 12.4 Å². The number of hydrogen-bond donors (Lipinski definition) is 1. The van der Waals surface area contributed by atoms with Gasteiger partial charge in [-0.2, -0.15) is 5.10 Å². The van der Waals surface area contributed by atoms with E-state index in [2.05, 4.69) is 5.10 Å². The van der Waals surface area contributed by atoms with E-state index in [1.54, 1.807) is 10.9 Å². The van der Waals surface area contributed by atoms with Gasteiger partial charge < -0.3 is 9.84 Å². The molecule has 1 N–H and O–H groups in total. The summed E-state index contributed by atoms with van der Waals surface area (Å²) in [5.74, 6) is -0.504. The molecule has 1 atom stereocenters. The molecular weight excluding hydrogens is 184 g/mol. The zero-order valence-corrected chi connectivity index (χ0v) is 8.47. The van der Waals surface area contributed by atoms with Gasteiger partial charge in [0, 0.05) is 6.04 Å². The number of aliphatic carboxylic acids is 1. The Labute approximate surface area is 82.3 Å². The highest BCUT2D eigenvalue weighted by atomic mass is 16.5. The van der Waals surface area contributed by atoms with Crippen molar-refractivity contribution in [3.8, 4) is 5.75 Å². The van der Waals surface area contributed by atoms with Crippen LogP contribution in [0.15, 0.2) is 12.4 Å². The van der Waals surface area contributed by atoms with Crippen molar-refractivity contribution in [1.82, 2.24) is 9.78 Å². The number of carboxylic acid groups (broad SMARTS) is 1. The summed E-state index contributed by atoms with van der Waals surface area (Å²) in [4.78, 5) is 10.5. The van der Waals surface area contributed by atoms with E-state index in [9.17, 15) is 4.79 Å². The first kappa shape index (κ1) is 10.6. The number of carboxylic acids is 1. The molecule has 0 aliphatic carbocycles. The number of rotatable bonds is 4. The predicted molar refractivity (Wildman–Crippen MR) is 50.3 cm³/mol. The van der Waals surface area contributed by atoms with Crippen LogP contribution in [0.3, 0.4) is 0 Å². The summed E-state index contributed by atoms with van der Waals surface area (Å²) in [6, 6.07) is 0.243. The second-order valence-electron chi connectivity index (χ2n) is 3.35. The smallest absolute Gasteiger partial charge is 0.344 e. The normalized spacial score (nSPS) is 12.9. The minimum absolute atomic E-state index is 0.243. The summed E-state index contributed by atoms with van der Waals surface area (Å²) in [5, 5.41) is 12.6. The lowest BCUT2D eigenvalue weighted by Gasteiger charge is -2.07. The van der Waals surface area contributed by atoms with Gasteiger partial charge in [-0.05, 0) is 20.8 Å². The summed E-state index contributed by atoms with van der Waals surface area (Å²) in [6.07, 6.45) is 2.35. The summed E-state index contributed by atoms with van der Waals surface area (Å²) in [7, 11) is 0. The van der Waals surface area contributed by atoms with Gasteiger partial charge in [-0.3, -0.25) is 4.68 Å². The SMILES string of the molecule is CC(C)n1cc(O[C@H](C)C(=O)O)cn1. The molecular formula is C9H14N2O3. The van der Waals surface area contributed by atoms with Gasteiger partial charge in [0.25, 0.3) is 0 Å². The van der Waals surface area contributed by atoms with Crippen LogP contribution < -0.4 is 4.74 Å². The van der Waals surface area contributed by atoms with Crippen molar-refractivity contribution in [3.05, 3.63) is 12.4 Å². The number of hydrogen-bond acceptors (Lipinski definition) is 3. The van der Waals surface area contributed by atoms with Gasteiger partial charge in [-0.1, -0.05) is 0 Å². The average Bonchev–Trinajstić information content (AvgIpc) is 2.52. The highest BCUT2D eigenvalue weighted by Gasteiger charge is 2.13. The summed E-state index contributed by atoms with van der Waals surface area (Å²) >= 11 is 0. The molecule has 1 rings (SSSR count). The Morgan fingerprint density at radius 1 is 1.57 bits per heavy atom. The lowest BCUT2D eigenvalue weighted by molar-refractivity contribution is -0.144. The molecule has 0 aliphatic heterocycles. The maximum Gasteiger partial charge on any atom is 0.344 e. The van der Waals surface area contributed by atoms with Crippen LogP contribution in [0.5, 0.6) is 5.75 Å². The van der Waals surface area contributed by atoms with E-state index in [1.165, 1.54) is 13.1 Å². The summed E-state index contributed by atoms with van der Waals surface area (Å²) in [5.41, 5.74) is 0. The Balaban J connectivity index is 2.64. The predicted octanol–water partition coefficient (Wildman–Crippen LogP) is 1.32. The summed E-state index contributed by atoms with van der Waals surface area (Å²) < 4.78 is 6.84. The van der Waals surface area contributed by atoms with Crippen LogP contribution in [-0.2, 0) is 4.79 Å². The molecule has 0 bridgehead atoms. The zero-order chi connectivity index (χ0) is 10.7. The van der Waals surface area contributed by atoms with Crippen LogP contribution in [0.4, 0.5) is 0 Å². The third kappa shape index (κ3) is 2.48. The molecule has 0 radical (unpaired) electrons. The molecule has 1 aromatic rings. The van der Waals surface area contributed by atoms with Crippen molar-refractivity contribution in [2.75, 3.05) is 0 Å². The minimum Gasteiger partial charge on any atom is -0.479 e. The molecule has 0 saturated heterocycles. The van der Waals surface area contributed by atoms with Gasteiger partial charge in [-0.15, -0.1) is 0 Å². The van der Waals surface area contributed by atoms with Gasteiger partial charge in [0.2, 0.25) is 0 Å². The van der Waals surface area contributed by atoms with Crippen molar-refractivity contribution in [3.63, 3.8) is 0 Å². The molecule has 1 aromatic heterocycles. The van der Waals surface area contributed by atoms with E-state index >= 15 is 0 Å². The fourth-order valence-electron chi connectivity index (χ4n) is 0.918. The molecule has 0 aliphatic rings. The molecule has 0 spiro atoms. The molecule has 0 saturated carbocycles. The second-order valence-corrected chi connectivity index (χ2v) is 3.35. The van der Waals surface area contributed by atoms with E-state index in [0.717, 1.165) is 0 Å². The maximum atomic E-state index is 10.5. The molecule has 1 heterocycles. The van der Waals surface area contributed by atoms with E-state index in [4.69, 9.17) is 9.84 Å². The molecule has 78 valence electrons. The third-order valence-electron chi connectivity index (χ3n) is 1.77. The largest absolute Gasteiger partial charge is 0.479 e. The fourth-order valence-corrected chi connectivity index (χ4v) is 0.918. The highest BCUT2D eigenvalue weighted by Crippen LogP contribution is 2.13. The Morgan fingerprint density at radius 2 is 2.21 bits per heavy atom. The van der Waals surface area contributed by atoms with Gasteiger partial charge >= 0.3 is 5.97 Å². The maximum absolute atomic E-state index is 10.5. The fraction of sp³-hybridized carbons (Fsp3) is 0.556. The van der Waals surface area contributed by atoms with Crippen LogP contribution in [0.25, 0.3) is 0 Å². The highest BCUT2D eigenvalue weighted by molar-refractivity contribution is 5.72. The van der Waals surface area contributed by atoms with Crippen molar-refractivity contribution < 1.29 is 14.6 Å². The lowest BCUT2D eigenvalue weighted by Crippen LogP contribution is -2.22. The van der Waals surface area contributed by atoms with Gasteiger partial charge in [0.15, 0.2) is 11.9 Å². The Morgan fingerprint density at radius 3 is 2.64 bits per heavy atom. The average molecular weight is 198 g/mol. The van der Waals surface area contributed by atoms with Crippen molar-refractivity contribution in [2.24, 2.45) is 0 Å². The Hall–Kier alpha value is -1.52. The van der Waals surface area contributed by atoms with Crippen LogP contribution in [0.1, 0.15) is 26.8 Å². The third-order valence-corrected chi connectivity index (χ3v) is 1.77. The first-order valence-electron chi connectivity index (χ1n) is 4.44. The van der Waals surface area contributed by atoms with E-state index in [-0.39, 0.29) is 6.04 Å². The number of ether oxygens (including phenoxy) is 1. The number of carbonyl (C=O) groups is 1. The Bertz CT molecular complexity index is 320. The summed E-state index contributed by atoms with van der Waals surface area (Å²) in [6.45, 7) is 5.45. The minimum atomic E-state index is -0.984. The number of nitrogens with zero attached hydrogens (tertiary/aromatic N) is 2. The first-order valence-corrected chi connectivity index (χ1v) is 4.44. The van der Waals surface area contributed by atoms with Crippen molar-refractivity contribution in [2.45, 2.75) is 32.9 Å². The van der Waals surface area contributed by atoms with E-state index in [0.29, 0.717) is 5.75 Å². The molecule has 0 unspecified atom stereocenters. The van der Waals surface area contributed by atoms with Crippen LogP contribution in [0.2, 0.25) is 0 Å². The molecule has 0 fully saturated rings. The molecule has 5 nitrogen and oxygen atoms in total.